The molecule has 16 heteroatoms. The van der Waals surface area contributed by atoms with Gasteiger partial charge in [0.05, 0.1) is 17.6 Å². The summed E-state index contributed by atoms with van der Waals surface area (Å²) in [6.07, 6.45) is -10.3. The Morgan fingerprint density at radius 3 is 2.12 bits per heavy atom. The highest BCUT2D eigenvalue weighted by molar-refractivity contribution is 5.90. The minimum atomic E-state index is -1.80. The molecule has 2 heterocycles. The van der Waals surface area contributed by atoms with Gasteiger partial charge in [-0.1, -0.05) is 19.9 Å². The van der Waals surface area contributed by atoms with Crippen LogP contribution in [0.2, 0.25) is 0 Å². The number of ether oxygens (including phenoxy) is 5. The van der Waals surface area contributed by atoms with Crippen molar-refractivity contribution in [2.24, 2.45) is 28.1 Å². The summed E-state index contributed by atoms with van der Waals surface area (Å²) < 4.78 is 28.5. The molecule has 0 radical (unpaired) electrons. The highest BCUT2D eigenvalue weighted by Gasteiger charge is 2.69. The maximum Gasteiger partial charge on any atom is 0.317 e. The first-order valence-electron chi connectivity index (χ1n) is 17.9. The average molecular weight is 729 g/mol. The third kappa shape index (κ3) is 6.42. The van der Waals surface area contributed by atoms with Crippen LogP contribution in [0.15, 0.2) is 12.2 Å². The van der Waals surface area contributed by atoms with Gasteiger partial charge in [-0.05, 0) is 86.5 Å². The predicted molar refractivity (Wildman–Crippen MR) is 170 cm³/mol. The first-order chi connectivity index (χ1) is 23.9. The van der Waals surface area contributed by atoms with Crippen molar-refractivity contribution < 1.29 is 78.9 Å². The van der Waals surface area contributed by atoms with E-state index in [1.165, 1.54) is 0 Å². The molecule has 288 valence electrons. The molecule has 4 aliphatic carbocycles. The van der Waals surface area contributed by atoms with Gasteiger partial charge >= 0.3 is 17.9 Å². The van der Waals surface area contributed by atoms with E-state index in [-0.39, 0.29) is 22.7 Å². The van der Waals surface area contributed by atoms with Crippen molar-refractivity contribution >= 4 is 17.9 Å². The summed E-state index contributed by atoms with van der Waals surface area (Å²) in [5, 5.41) is 81.6. The topological polar surface area (TPSA) is 259 Å². The van der Waals surface area contributed by atoms with Crippen LogP contribution in [-0.4, -0.2) is 139 Å². The van der Waals surface area contributed by atoms with E-state index >= 15 is 0 Å². The Bertz CT molecular complexity index is 1370. The summed E-state index contributed by atoms with van der Waals surface area (Å²) in [4.78, 5) is 36.7. The van der Waals surface area contributed by atoms with Crippen LogP contribution in [-0.2, 0) is 38.1 Å². The number of carbonyl (C=O) groups is 3. The maximum atomic E-state index is 14.2. The average Bonchev–Trinajstić information content (AvgIpc) is 3.27. The fourth-order valence-electron chi connectivity index (χ4n) is 10.9. The minimum absolute atomic E-state index is 0.126. The second-order valence-corrected chi connectivity index (χ2v) is 16.3. The third-order valence-corrected chi connectivity index (χ3v) is 13.4. The number of rotatable bonds is 9. The van der Waals surface area contributed by atoms with Gasteiger partial charge in [-0.2, -0.15) is 0 Å². The van der Waals surface area contributed by atoms with Crippen LogP contribution in [0.25, 0.3) is 0 Å². The van der Waals surface area contributed by atoms with Crippen molar-refractivity contribution in [2.75, 3.05) is 13.2 Å². The van der Waals surface area contributed by atoms with Crippen molar-refractivity contribution in [2.45, 2.75) is 145 Å². The maximum absolute atomic E-state index is 14.2. The van der Waals surface area contributed by atoms with Gasteiger partial charge in [-0.15, -0.1) is 0 Å². The number of carboxylic acids is 1. The molecule has 16 atom stereocenters. The van der Waals surface area contributed by atoms with Crippen LogP contribution in [0.5, 0.6) is 0 Å². The summed E-state index contributed by atoms with van der Waals surface area (Å²) >= 11 is 0. The zero-order valence-corrected chi connectivity index (χ0v) is 29.0. The highest BCUT2D eigenvalue weighted by Crippen LogP contribution is 2.73. The Kier molecular flexibility index (Phi) is 10.5. The van der Waals surface area contributed by atoms with Crippen molar-refractivity contribution in [3.05, 3.63) is 12.2 Å². The molecular weight excluding hydrogens is 676 g/mol. The van der Waals surface area contributed by atoms with E-state index in [9.17, 15) is 50.1 Å². The van der Waals surface area contributed by atoms with E-state index in [1.54, 1.807) is 0 Å². The monoisotopic (exact) mass is 728 g/mol. The molecule has 1 spiro atoms. The lowest BCUT2D eigenvalue weighted by Crippen LogP contribution is -2.63. The summed E-state index contributed by atoms with van der Waals surface area (Å²) in [7, 11) is 0. The molecule has 2 aliphatic heterocycles. The molecule has 16 nitrogen and oxygen atoms in total. The SMILES string of the molecule is C=C1C[C@@]23CC[C@H]4[C@@](C)(CCC[C@@]4(C)C(=O)O[C@@H]4O[C@H](COC(=O)CC(=O)O)[C@@H](O)[C@H](O)[C@H]4O)[C@@H]2CC[C@@]1(O[C@@H]1O[C@H](CO)[C@@H](O)[C@H](O)[C@H]1O)C3. The molecule has 2 saturated heterocycles. The molecule has 0 aromatic rings. The molecular formula is C35H52O16. The van der Waals surface area contributed by atoms with Crippen LogP contribution < -0.4 is 0 Å². The van der Waals surface area contributed by atoms with Gasteiger partial charge in [-0.25, -0.2) is 0 Å². The first kappa shape index (κ1) is 38.5. The van der Waals surface area contributed by atoms with E-state index in [2.05, 4.69) is 13.5 Å². The number of hydrogen-bond acceptors (Lipinski definition) is 15. The number of carboxylic acid groups (broad SMARTS) is 1. The summed E-state index contributed by atoms with van der Waals surface area (Å²) in [6.45, 7) is 7.26. The smallest absolute Gasteiger partial charge is 0.317 e. The van der Waals surface area contributed by atoms with Gasteiger partial charge < -0.3 is 64.5 Å². The Balaban J connectivity index is 1.16. The predicted octanol–water partition coefficient (Wildman–Crippen LogP) is -0.737. The molecule has 51 heavy (non-hydrogen) atoms. The summed E-state index contributed by atoms with van der Waals surface area (Å²) in [6, 6.07) is 0. The summed E-state index contributed by atoms with van der Waals surface area (Å²) in [5.74, 6) is -3.10. The number of aliphatic hydroxyl groups excluding tert-OH is 7. The van der Waals surface area contributed by atoms with Crippen molar-refractivity contribution in [3.8, 4) is 0 Å². The Hall–Kier alpha value is -2.25. The van der Waals surface area contributed by atoms with E-state index in [1.807, 2.05) is 6.92 Å². The lowest BCUT2D eigenvalue weighted by atomic mass is 9.41. The lowest BCUT2D eigenvalue weighted by molar-refractivity contribution is -0.327. The van der Waals surface area contributed by atoms with Crippen LogP contribution in [0.4, 0.5) is 0 Å². The second kappa shape index (κ2) is 13.9. The zero-order valence-electron chi connectivity index (χ0n) is 29.0. The highest BCUT2D eigenvalue weighted by atomic mass is 16.7. The number of esters is 2. The fourth-order valence-corrected chi connectivity index (χ4v) is 10.9. The molecule has 0 amide bonds. The Labute approximate surface area is 295 Å². The zero-order chi connectivity index (χ0) is 37.3. The van der Waals surface area contributed by atoms with Gasteiger partial charge in [0, 0.05) is 0 Å². The third-order valence-electron chi connectivity index (χ3n) is 13.4. The largest absolute Gasteiger partial charge is 0.481 e. The molecule has 4 saturated carbocycles. The number of carbonyl (C=O) groups excluding carboxylic acids is 2. The van der Waals surface area contributed by atoms with Gasteiger partial charge in [-0.3, -0.25) is 14.4 Å². The van der Waals surface area contributed by atoms with Crippen molar-refractivity contribution in [1.29, 1.82) is 0 Å². The minimum Gasteiger partial charge on any atom is -0.481 e. The molecule has 8 N–H and O–H groups in total. The molecule has 6 fully saturated rings. The van der Waals surface area contributed by atoms with E-state index in [4.69, 9.17) is 28.8 Å². The van der Waals surface area contributed by atoms with Gasteiger partial charge in [0.1, 0.15) is 61.9 Å². The van der Waals surface area contributed by atoms with Gasteiger partial charge in [0.25, 0.3) is 0 Å². The lowest BCUT2D eigenvalue weighted by Gasteiger charge is -2.64. The quantitative estimate of drug-likeness (QED) is 0.0630. The van der Waals surface area contributed by atoms with E-state index in [0.29, 0.717) is 32.1 Å². The number of aliphatic hydroxyl groups is 7. The molecule has 0 aromatic carbocycles. The van der Waals surface area contributed by atoms with Crippen LogP contribution in [0.1, 0.15) is 78.1 Å². The molecule has 2 bridgehead atoms. The van der Waals surface area contributed by atoms with E-state index < -0.39 is 110 Å². The second-order valence-electron chi connectivity index (χ2n) is 16.3. The standard InChI is InChI=1S/C35H52O16/c1-16-12-34-9-5-19-32(2,20(34)6-10-35(16,15-34)51-30-28(45)25(42)23(40)17(13-36)48-30)7-4-8-33(19,3)31(46)50-29-27(44)26(43)24(41)18(49-29)14-47-22(39)11-21(37)38/h17-20,23-30,36,40-45H,1,4-15H2,2-3H3,(H,37,38)/t17-,18-,19+,20+,23-,24-,25+,26+,27-,28-,29+,30+,32-,33-,34-,35-/m1/s1. The molecule has 6 rings (SSSR count). The number of hydrogen-bond donors (Lipinski definition) is 8. The van der Waals surface area contributed by atoms with Crippen LogP contribution in [0, 0.1) is 28.1 Å². The Morgan fingerprint density at radius 2 is 1.45 bits per heavy atom. The van der Waals surface area contributed by atoms with Crippen molar-refractivity contribution in [3.63, 3.8) is 0 Å². The van der Waals surface area contributed by atoms with Crippen LogP contribution >= 0.6 is 0 Å². The van der Waals surface area contributed by atoms with Crippen molar-refractivity contribution in [1.82, 2.24) is 0 Å². The first-order valence-corrected chi connectivity index (χ1v) is 17.9. The van der Waals surface area contributed by atoms with E-state index in [0.717, 1.165) is 31.3 Å². The van der Waals surface area contributed by atoms with Gasteiger partial charge in [0.2, 0.25) is 6.29 Å². The molecule has 6 aliphatic rings. The van der Waals surface area contributed by atoms with Crippen LogP contribution in [0.3, 0.4) is 0 Å². The summed E-state index contributed by atoms with van der Waals surface area (Å²) in [5.41, 5.74) is -1.52. The molecule has 0 unspecified atom stereocenters. The molecule has 0 aromatic heterocycles. The normalized spacial score (nSPS) is 49.4. The fraction of sp³-hybridized carbons (Fsp3) is 0.857. The number of fused-ring (bicyclic) bond motifs is 3. The Morgan fingerprint density at radius 1 is 0.824 bits per heavy atom. The number of aliphatic carboxylic acids is 1. The van der Waals surface area contributed by atoms with Gasteiger partial charge in [0.15, 0.2) is 6.29 Å².